The lowest BCUT2D eigenvalue weighted by Gasteiger charge is -2.07. The number of anilines is 2. The third-order valence-electron chi connectivity index (χ3n) is 6.25. The molecule has 5 rings (SSSR count). The number of aromatic nitrogens is 3. The highest BCUT2D eigenvalue weighted by Gasteiger charge is 2.23. The van der Waals surface area contributed by atoms with Crippen LogP contribution < -0.4 is 16.6 Å². The van der Waals surface area contributed by atoms with Crippen LogP contribution in [0.2, 0.25) is 0 Å². The summed E-state index contributed by atoms with van der Waals surface area (Å²) in [5.41, 5.74) is 10.5. The Bertz CT molecular complexity index is 1400. The van der Waals surface area contributed by atoms with Gasteiger partial charge in [-0.2, -0.15) is 0 Å². The van der Waals surface area contributed by atoms with Crippen molar-refractivity contribution in [3.8, 4) is 5.69 Å². The Labute approximate surface area is 189 Å². The Morgan fingerprint density at radius 3 is 2.69 bits per heavy atom. The number of rotatable bonds is 3. The van der Waals surface area contributed by atoms with E-state index in [2.05, 4.69) is 11.4 Å². The van der Waals surface area contributed by atoms with E-state index < -0.39 is 0 Å². The number of nitrogen functional groups attached to an aromatic ring is 1. The van der Waals surface area contributed by atoms with E-state index in [-0.39, 0.29) is 17.2 Å². The van der Waals surface area contributed by atoms with Crippen molar-refractivity contribution < 1.29 is 4.79 Å². The van der Waals surface area contributed by atoms with Gasteiger partial charge in [0.1, 0.15) is 15.4 Å². The number of hydrogen-bond acceptors (Lipinski definition) is 5. The molecule has 0 unspecified atom stereocenters. The number of hydrogen-bond donors (Lipinski definition) is 2. The van der Waals surface area contributed by atoms with Gasteiger partial charge in [0.25, 0.3) is 11.5 Å². The van der Waals surface area contributed by atoms with Crippen molar-refractivity contribution in [1.82, 2.24) is 14.3 Å². The largest absolute Gasteiger partial charge is 0.397 e. The van der Waals surface area contributed by atoms with Crippen LogP contribution in [-0.4, -0.2) is 20.3 Å². The van der Waals surface area contributed by atoms with E-state index in [0.29, 0.717) is 16.3 Å². The number of nitrogens with one attached hydrogen (secondary N) is 1. The van der Waals surface area contributed by atoms with Gasteiger partial charge in [-0.15, -0.1) is 11.3 Å². The molecule has 0 aliphatic heterocycles. The van der Waals surface area contributed by atoms with E-state index in [1.807, 2.05) is 37.3 Å². The highest BCUT2D eigenvalue weighted by atomic mass is 32.1. The summed E-state index contributed by atoms with van der Waals surface area (Å²) < 4.78 is 3.28. The topological polar surface area (TPSA) is 94.9 Å². The molecule has 32 heavy (non-hydrogen) atoms. The molecule has 7 nitrogen and oxygen atoms in total. The summed E-state index contributed by atoms with van der Waals surface area (Å²) in [5, 5.41) is 3.64. The van der Waals surface area contributed by atoms with E-state index in [1.165, 1.54) is 28.0 Å². The predicted octanol–water partition coefficient (Wildman–Crippen LogP) is 4.20. The normalized spacial score (nSPS) is 13.7. The summed E-state index contributed by atoms with van der Waals surface area (Å²) in [6.07, 6.45) is 5.47. The average molecular weight is 448 g/mol. The molecule has 0 fully saturated rings. The summed E-state index contributed by atoms with van der Waals surface area (Å²) in [4.78, 5) is 32.3. The first-order valence-corrected chi connectivity index (χ1v) is 11.6. The van der Waals surface area contributed by atoms with Crippen molar-refractivity contribution in [3.05, 3.63) is 68.6 Å². The van der Waals surface area contributed by atoms with Crippen LogP contribution in [0.1, 0.15) is 45.9 Å². The maximum absolute atomic E-state index is 13.2. The highest BCUT2D eigenvalue weighted by Crippen LogP contribution is 2.35. The van der Waals surface area contributed by atoms with Gasteiger partial charge in [-0.1, -0.05) is 24.6 Å². The quantitative estimate of drug-likeness (QED) is 0.460. The van der Waals surface area contributed by atoms with Crippen molar-refractivity contribution >= 4 is 38.8 Å². The van der Waals surface area contributed by atoms with Gasteiger partial charge in [-0.05, 0) is 56.4 Å². The fourth-order valence-electron chi connectivity index (χ4n) is 4.39. The zero-order valence-corrected chi connectivity index (χ0v) is 19.0. The number of fused-ring (bicyclic) bond motifs is 2. The molecule has 0 spiro atoms. The van der Waals surface area contributed by atoms with Crippen LogP contribution in [-0.2, 0) is 19.9 Å². The Hall–Kier alpha value is -3.39. The Morgan fingerprint density at radius 1 is 1.16 bits per heavy atom. The van der Waals surface area contributed by atoms with Crippen molar-refractivity contribution in [2.45, 2.75) is 39.0 Å². The second kappa shape index (κ2) is 7.94. The predicted molar refractivity (Wildman–Crippen MR) is 129 cm³/mol. The maximum atomic E-state index is 13.2. The number of pyridine rings is 1. The number of nitrogens with two attached hydrogens (primary N) is 1. The molecule has 3 heterocycles. The van der Waals surface area contributed by atoms with Gasteiger partial charge < -0.3 is 11.1 Å². The van der Waals surface area contributed by atoms with Gasteiger partial charge in [-0.3, -0.25) is 14.3 Å². The minimum Gasteiger partial charge on any atom is -0.397 e. The molecule has 1 aliphatic rings. The van der Waals surface area contributed by atoms with E-state index in [4.69, 9.17) is 10.7 Å². The van der Waals surface area contributed by atoms with E-state index >= 15 is 0 Å². The van der Waals surface area contributed by atoms with Crippen molar-refractivity contribution in [2.75, 3.05) is 11.1 Å². The third-order valence-corrected chi connectivity index (χ3v) is 7.36. The molecule has 1 amide bonds. The molecule has 1 aromatic carbocycles. The van der Waals surface area contributed by atoms with E-state index in [0.717, 1.165) is 47.3 Å². The molecular weight excluding hydrogens is 422 g/mol. The Balaban J connectivity index is 1.52. The molecule has 0 atom stereocenters. The zero-order chi connectivity index (χ0) is 22.4. The number of benzene rings is 1. The average Bonchev–Trinajstić information content (AvgIpc) is 3.09. The Morgan fingerprint density at radius 2 is 1.91 bits per heavy atom. The Kier molecular flexibility index (Phi) is 5.09. The second-order valence-electron chi connectivity index (χ2n) is 8.24. The van der Waals surface area contributed by atoms with Gasteiger partial charge in [0, 0.05) is 18.1 Å². The molecule has 0 bridgehead atoms. The molecule has 1 aliphatic carbocycles. The standard InChI is InChI=1S/C24H25N5O2S/c1-14-20(24(31)29(28(14)2)16-10-6-4-7-11-16)27-22(30)21-19(25)17-13-15-9-5-3-8-12-18(15)26-23(17)32-21/h4,6-7,10-11,13H,3,5,8-9,12,25H2,1-2H3,(H,27,30). The molecular formula is C24H25N5O2S. The number of para-hydroxylation sites is 1. The first-order chi connectivity index (χ1) is 15.5. The van der Waals surface area contributed by atoms with Crippen LogP contribution in [0.3, 0.4) is 0 Å². The number of aryl methyl sites for hydroxylation is 2. The number of nitrogens with zero attached hydrogens (tertiary/aromatic N) is 3. The lowest BCUT2D eigenvalue weighted by molar-refractivity contribution is 0.103. The molecule has 8 heteroatoms. The summed E-state index contributed by atoms with van der Waals surface area (Å²) >= 11 is 1.29. The number of thiophene rings is 1. The third kappa shape index (κ3) is 3.31. The first kappa shape index (κ1) is 20.5. The van der Waals surface area contributed by atoms with Crippen LogP contribution in [0.4, 0.5) is 11.4 Å². The van der Waals surface area contributed by atoms with Crippen LogP contribution in [0.25, 0.3) is 15.9 Å². The van der Waals surface area contributed by atoms with Gasteiger partial charge >= 0.3 is 0 Å². The fraction of sp³-hybridized carbons (Fsp3) is 0.292. The zero-order valence-electron chi connectivity index (χ0n) is 18.1. The molecule has 4 aromatic rings. The maximum Gasteiger partial charge on any atom is 0.295 e. The van der Waals surface area contributed by atoms with Crippen LogP contribution in [0.5, 0.6) is 0 Å². The van der Waals surface area contributed by atoms with Gasteiger partial charge in [-0.25, -0.2) is 9.67 Å². The molecule has 3 aromatic heterocycles. The number of carbonyl (C=O) groups is 1. The number of amides is 1. The van der Waals surface area contributed by atoms with Crippen LogP contribution in [0.15, 0.2) is 41.2 Å². The van der Waals surface area contributed by atoms with Crippen molar-refractivity contribution in [2.24, 2.45) is 7.05 Å². The lowest BCUT2D eigenvalue weighted by Crippen LogP contribution is -2.22. The molecule has 164 valence electrons. The smallest absolute Gasteiger partial charge is 0.295 e. The molecule has 0 saturated carbocycles. The number of carbonyl (C=O) groups excluding carboxylic acids is 1. The molecule has 3 N–H and O–H groups in total. The summed E-state index contributed by atoms with van der Waals surface area (Å²) in [5.74, 6) is -0.383. The summed E-state index contributed by atoms with van der Waals surface area (Å²) in [6, 6.07) is 11.4. The molecule has 0 saturated heterocycles. The van der Waals surface area contributed by atoms with Gasteiger partial charge in [0.2, 0.25) is 0 Å². The molecule has 0 radical (unpaired) electrons. The minimum atomic E-state index is -0.383. The van der Waals surface area contributed by atoms with Crippen molar-refractivity contribution in [3.63, 3.8) is 0 Å². The highest BCUT2D eigenvalue weighted by molar-refractivity contribution is 7.21. The van der Waals surface area contributed by atoms with Gasteiger partial charge in [0.15, 0.2) is 0 Å². The summed E-state index contributed by atoms with van der Waals surface area (Å²) in [6.45, 7) is 1.81. The van der Waals surface area contributed by atoms with Crippen molar-refractivity contribution in [1.29, 1.82) is 0 Å². The fourth-order valence-corrected chi connectivity index (χ4v) is 5.38. The first-order valence-electron chi connectivity index (χ1n) is 10.8. The monoisotopic (exact) mass is 447 g/mol. The van der Waals surface area contributed by atoms with E-state index in [1.54, 1.807) is 11.7 Å². The second-order valence-corrected chi connectivity index (χ2v) is 9.24. The summed E-state index contributed by atoms with van der Waals surface area (Å²) in [7, 11) is 1.80. The van der Waals surface area contributed by atoms with Crippen LogP contribution in [0, 0.1) is 6.92 Å². The van der Waals surface area contributed by atoms with Crippen LogP contribution >= 0.6 is 11.3 Å². The lowest BCUT2D eigenvalue weighted by atomic mass is 10.1. The minimum absolute atomic E-state index is 0.252. The van der Waals surface area contributed by atoms with Gasteiger partial charge in [0.05, 0.1) is 17.1 Å². The SMILES string of the molecule is Cc1c(NC(=O)c2sc3nc4c(cc3c2N)CCCCC4)c(=O)n(-c2ccccc2)n1C. The van der Waals surface area contributed by atoms with E-state index in [9.17, 15) is 9.59 Å².